The first-order chi connectivity index (χ1) is 8.19. The van der Waals surface area contributed by atoms with Crippen molar-refractivity contribution in [1.29, 1.82) is 0 Å². The minimum absolute atomic E-state index is 0.167. The molecule has 0 radical (unpaired) electrons. The predicted molar refractivity (Wildman–Crippen MR) is 88.7 cm³/mol. The molecule has 1 aromatic rings. The standard InChI is InChI=1S/C13H15Br2IO2/c1-13(2,3)18-12(17)5-4-9-10(14)6-8(16)7-11(9)15/h6-7H,4-5H2,1-3H3. The van der Waals surface area contributed by atoms with Gasteiger partial charge in [0.15, 0.2) is 0 Å². The van der Waals surface area contributed by atoms with Gasteiger partial charge >= 0.3 is 5.97 Å². The number of esters is 1. The summed E-state index contributed by atoms with van der Waals surface area (Å²) in [7, 11) is 0. The molecule has 18 heavy (non-hydrogen) atoms. The van der Waals surface area contributed by atoms with Crippen molar-refractivity contribution in [3.63, 3.8) is 0 Å². The Labute approximate surface area is 138 Å². The Kier molecular flexibility index (Phi) is 6.12. The summed E-state index contributed by atoms with van der Waals surface area (Å²) in [4.78, 5) is 11.7. The van der Waals surface area contributed by atoms with Crippen molar-refractivity contribution < 1.29 is 9.53 Å². The molecule has 0 aliphatic carbocycles. The molecule has 0 unspecified atom stereocenters. The van der Waals surface area contributed by atoms with Crippen LogP contribution in [0, 0.1) is 3.57 Å². The van der Waals surface area contributed by atoms with Gasteiger partial charge < -0.3 is 4.74 Å². The Balaban J connectivity index is 2.67. The molecule has 0 aromatic heterocycles. The summed E-state index contributed by atoms with van der Waals surface area (Å²) in [6.45, 7) is 5.63. The molecule has 1 aromatic carbocycles. The predicted octanol–water partition coefficient (Wildman–Crippen LogP) is 5.09. The fraction of sp³-hybridized carbons (Fsp3) is 0.462. The van der Waals surface area contributed by atoms with Crippen LogP contribution in [-0.2, 0) is 16.0 Å². The second kappa shape index (κ2) is 6.70. The van der Waals surface area contributed by atoms with E-state index in [1.165, 1.54) is 0 Å². The maximum Gasteiger partial charge on any atom is 0.306 e. The van der Waals surface area contributed by atoms with E-state index >= 15 is 0 Å². The van der Waals surface area contributed by atoms with Crippen LogP contribution in [0.15, 0.2) is 21.1 Å². The first-order valence-electron chi connectivity index (χ1n) is 5.54. The van der Waals surface area contributed by atoms with Gasteiger partial charge in [-0.3, -0.25) is 4.79 Å². The van der Waals surface area contributed by atoms with E-state index in [4.69, 9.17) is 4.74 Å². The van der Waals surface area contributed by atoms with Gasteiger partial charge in [0.25, 0.3) is 0 Å². The van der Waals surface area contributed by atoms with E-state index in [9.17, 15) is 4.79 Å². The highest BCUT2D eigenvalue weighted by atomic mass is 127. The van der Waals surface area contributed by atoms with E-state index < -0.39 is 5.60 Å². The van der Waals surface area contributed by atoms with Crippen molar-refractivity contribution in [3.8, 4) is 0 Å². The zero-order chi connectivity index (χ0) is 13.9. The lowest BCUT2D eigenvalue weighted by molar-refractivity contribution is -0.154. The zero-order valence-corrected chi connectivity index (χ0v) is 15.8. The number of hydrogen-bond donors (Lipinski definition) is 0. The van der Waals surface area contributed by atoms with Gasteiger partial charge in [0.05, 0.1) is 0 Å². The number of rotatable bonds is 3. The second-order valence-electron chi connectivity index (χ2n) is 4.93. The summed E-state index contributed by atoms with van der Waals surface area (Å²) >= 11 is 9.30. The fourth-order valence-corrected chi connectivity index (χ4v) is 4.49. The molecule has 0 bridgehead atoms. The van der Waals surface area contributed by atoms with Gasteiger partial charge in [0.1, 0.15) is 5.60 Å². The molecule has 0 heterocycles. The Morgan fingerprint density at radius 1 is 1.28 bits per heavy atom. The van der Waals surface area contributed by atoms with E-state index in [2.05, 4.69) is 54.5 Å². The summed E-state index contributed by atoms with van der Waals surface area (Å²) in [6, 6.07) is 4.07. The Hall–Kier alpha value is 0.380. The third kappa shape index (κ3) is 5.57. The normalized spacial score (nSPS) is 11.4. The van der Waals surface area contributed by atoms with Crippen molar-refractivity contribution >= 4 is 60.4 Å². The van der Waals surface area contributed by atoms with Crippen molar-refractivity contribution in [1.82, 2.24) is 0 Å². The van der Waals surface area contributed by atoms with Crippen molar-refractivity contribution in [2.75, 3.05) is 0 Å². The molecule has 0 aliphatic heterocycles. The molecule has 2 nitrogen and oxygen atoms in total. The van der Waals surface area contributed by atoms with Crippen LogP contribution in [0.2, 0.25) is 0 Å². The Morgan fingerprint density at radius 3 is 2.22 bits per heavy atom. The molecule has 0 saturated heterocycles. The number of carbonyl (C=O) groups excluding carboxylic acids is 1. The number of benzene rings is 1. The molecule has 0 N–H and O–H groups in total. The number of carbonyl (C=O) groups is 1. The van der Waals surface area contributed by atoms with Crippen molar-refractivity contribution in [2.24, 2.45) is 0 Å². The van der Waals surface area contributed by atoms with Gasteiger partial charge in [-0.2, -0.15) is 0 Å². The molecule has 0 saturated carbocycles. The van der Waals surface area contributed by atoms with Gasteiger partial charge in [-0.25, -0.2) is 0 Å². The zero-order valence-electron chi connectivity index (χ0n) is 10.5. The smallest absolute Gasteiger partial charge is 0.306 e. The Bertz CT molecular complexity index is 430. The molecule has 5 heteroatoms. The largest absolute Gasteiger partial charge is 0.460 e. The van der Waals surface area contributed by atoms with E-state index in [-0.39, 0.29) is 5.97 Å². The van der Waals surface area contributed by atoms with Gasteiger partial charge in [-0.1, -0.05) is 31.9 Å². The maximum absolute atomic E-state index is 11.7. The van der Waals surface area contributed by atoms with Gasteiger partial charge in [0.2, 0.25) is 0 Å². The second-order valence-corrected chi connectivity index (χ2v) is 7.89. The minimum Gasteiger partial charge on any atom is -0.460 e. The number of hydrogen-bond acceptors (Lipinski definition) is 2. The number of halogens is 3. The van der Waals surface area contributed by atoms with Gasteiger partial charge in [-0.15, -0.1) is 0 Å². The van der Waals surface area contributed by atoms with Crippen LogP contribution in [-0.4, -0.2) is 11.6 Å². The maximum atomic E-state index is 11.7. The molecular formula is C13H15Br2IO2. The summed E-state index contributed by atoms with van der Waals surface area (Å²) < 4.78 is 8.47. The van der Waals surface area contributed by atoms with Crippen LogP contribution in [0.1, 0.15) is 32.8 Å². The lowest BCUT2D eigenvalue weighted by atomic mass is 10.1. The molecule has 0 aliphatic rings. The first-order valence-corrected chi connectivity index (χ1v) is 8.21. The van der Waals surface area contributed by atoms with Crippen molar-refractivity contribution in [2.45, 2.75) is 39.2 Å². The number of ether oxygens (including phenoxy) is 1. The average Bonchev–Trinajstić information content (AvgIpc) is 2.12. The van der Waals surface area contributed by atoms with Crippen LogP contribution >= 0.6 is 54.5 Å². The topological polar surface area (TPSA) is 26.3 Å². The van der Waals surface area contributed by atoms with Gasteiger partial charge in [0, 0.05) is 18.9 Å². The lowest BCUT2D eigenvalue weighted by Crippen LogP contribution is -2.24. The highest BCUT2D eigenvalue weighted by molar-refractivity contribution is 14.1. The van der Waals surface area contributed by atoms with Crippen LogP contribution < -0.4 is 0 Å². The summed E-state index contributed by atoms with van der Waals surface area (Å²) in [6.07, 6.45) is 1.04. The fourth-order valence-electron chi connectivity index (χ4n) is 1.43. The SMILES string of the molecule is CC(C)(C)OC(=O)CCc1c(Br)cc(I)cc1Br. The van der Waals surface area contributed by atoms with E-state index in [0.717, 1.165) is 18.1 Å². The van der Waals surface area contributed by atoms with Crippen molar-refractivity contribution in [3.05, 3.63) is 30.2 Å². The molecule has 0 spiro atoms. The molecule has 0 atom stereocenters. The highest BCUT2D eigenvalue weighted by Gasteiger charge is 2.17. The summed E-state index contributed by atoms with van der Waals surface area (Å²) in [5.74, 6) is -0.167. The van der Waals surface area contributed by atoms with Gasteiger partial charge in [-0.05, 0) is 67.5 Å². The average molecular weight is 490 g/mol. The quantitative estimate of drug-likeness (QED) is 0.436. The molecule has 0 fully saturated rings. The van der Waals surface area contributed by atoms with Crippen LogP contribution in [0.25, 0.3) is 0 Å². The minimum atomic E-state index is -0.419. The summed E-state index contributed by atoms with van der Waals surface area (Å²) in [5.41, 5.74) is 0.679. The van der Waals surface area contributed by atoms with Crippen LogP contribution in [0.5, 0.6) is 0 Å². The van der Waals surface area contributed by atoms with E-state index in [1.54, 1.807) is 0 Å². The molecule has 100 valence electrons. The monoisotopic (exact) mass is 488 g/mol. The molecule has 0 amide bonds. The lowest BCUT2D eigenvalue weighted by Gasteiger charge is -2.19. The summed E-state index contributed by atoms with van der Waals surface area (Å²) in [5, 5.41) is 0. The third-order valence-electron chi connectivity index (χ3n) is 2.10. The highest BCUT2D eigenvalue weighted by Crippen LogP contribution is 2.29. The third-order valence-corrected chi connectivity index (χ3v) is 4.14. The first kappa shape index (κ1) is 16.4. The van der Waals surface area contributed by atoms with Crippen LogP contribution in [0.3, 0.4) is 0 Å². The molecular weight excluding hydrogens is 475 g/mol. The Morgan fingerprint density at radius 2 is 1.78 bits per heavy atom. The van der Waals surface area contributed by atoms with E-state index in [0.29, 0.717) is 12.8 Å². The van der Waals surface area contributed by atoms with Crippen LogP contribution in [0.4, 0.5) is 0 Å². The molecule has 1 rings (SSSR count). The van der Waals surface area contributed by atoms with E-state index in [1.807, 2.05) is 32.9 Å².